The van der Waals surface area contributed by atoms with E-state index in [1.54, 1.807) is 0 Å². The molecular weight excluding hydrogens is 124 g/mol. The maximum absolute atomic E-state index is 2.18. The van der Waals surface area contributed by atoms with Crippen LogP contribution in [0.4, 0.5) is 0 Å². The molecule has 0 aromatic carbocycles. The Hall–Kier alpha value is -0.500. The minimum absolute atomic E-state index is 1.09. The number of hydrogen-bond acceptors (Lipinski definition) is 2. The van der Waals surface area contributed by atoms with E-state index in [9.17, 15) is 0 Å². The first-order valence-corrected chi connectivity index (χ1v) is 3.64. The van der Waals surface area contributed by atoms with Gasteiger partial charge in [0.05, 0.1) is 0 Å². The molecule has 2 nitrogen and oxygen atoms in total. The van der Waals surface area contributed by atoms with E-state index in [-0.39, 0.29) is 0 Å². The van der Waals surface area contributed by atoms with Crippen molar-refractivity contribution < 1.29 is 0 Å². The second-order valence-electron chi connectivity index (χ2n) is 2.77. The lowest BCUT2D eigenvalue weighted by Gasteiger charge is -2.16. The maximum Gasteiger partial charge on any atom is 0.0296 e. The molecule has 10 heavy (non-hydrogen) atoms. The first-order chi connectivity index (χ1) is 4.66. The van der Waals surface area contributed by atoms with E-state index >= 15 is 0 Å². The molecule has 0 saturated carbocycles. The summed E-state index contributed by atoms with van der Waals surface area (Å²) in [6, 6.07) is 0. The van der Waals surface area contributed by atoms with Crippen LogP contribution in [0.15, 0.2) is 12.3 Å². The Balaban J connectivity index is 3.30. The average molecular weight is 142 g/mol. The van der Waals surface area contributed by atoms with Gasteiger partial charge in [0.15, 0.2) is 0 Å². The van der Waals surface area contributed by atoms with Gasteiger partial charge in [0.1, 0.15) is 0 Å². The molecule has 0 aromatic rings. The highest BCUT2D eigenvalue weighted by Gasteiger charge is 1.91. The van der Waals surface area contributed by atoms with Gasteiger partial charge in [-0.1, -0.05) is 6.08 Å². The van der Waals surface area contributed by atoms with Crippen LogP contribution in [0.3, 0.4) is 0 Å². The summed E-state index contributed by atoms with van der Waals surface area (Å²) < 4.78 is 0. The maximum atomic E-state index is 2.18. The third kappa shape index (κ3) is 5.63. The second kappa shape index (κ2) is 5.30. The fourth-order valence-corrected chi connectivity index (χ4v) is 0.687. The zero-order chi connectivity index (χ0) is 7.98. The van der Waals surface area contributed by atoms with E-state index in [0.29, 0.717) is 0 Å². The molecule has 0 heterocycles. The third-order valence-electron chi connectivity index (χ3n) is 1.30. The molecule has 0 aliphatic heterocycles. The number of nitrogens with zero attached hydrogens (tertiary/aromatic N) is 2. The largest absolute Gasteiger partial charge is 0.379 e. The molecule has 0 aliphatic carbocycles. The molecule has 0 radical (unpaired) electrons. The molecule has 0 spiro atoms. The zero-order valence-corrected chi connectivity index (χ0v) is 7.46. The smallest absolute Gasteiger partial charge is 0.0296 e. The summed E-state index contributed by atoms with van der Waals surface area (Å²) in [5.41, 5.74) is 0. The van der Waals surface area contributed by atoms with Crippen LogP contribution in [0.1, 0.15) is 6.92 Å². The monoisotopic (exact) mass is 142 g/mol. The Labute approximate surface area is 64.1 Å². The predicted molar refractivity (Wildman–Crippen MR) is 46.0 cm³/mol. The molecule has 0 fully saturated rings. The van der Waals surface area contributed by atoms with Gasteiger partial charge in [-0.25, -0.2) is 0 Å². The average Bonchev–Trinajstić information content (AvgIpc) is 1.85. The standard InChI is InChI=1S/C8H18N2/c1-5-6-10(4)8-7-9(2)3/h5-6H,7-8H2,1-4H3. The summed E-state index contributed by atoms with van der Waals surface area (Å²) in [5, 5.41) is 0. The van der Waals surface area contributed by atoms with Crippen LogP contribution in [0.25, 0.3) is 0 Å². The van der Waals surface area contributed by atoms with Crippen molar-refractivity contribution in [2.45, 2.75) is 6.92 Å². The van der Waals surface area contributed by atoms with Crippen LogP contribution in [-0.2, 0) is 0 Å². The van der Waals surface area contributed by atoms with Crippen LogP contribution >= 0.6 is 0 Å². The lowest BCUT2D eigenvalue weighted by Crippen LogP contribution is -2.24. The molecule has 60 valence electrons. The summed E-state index contributed by atoms with van der Waals surface area (Å²) in [6.07, 6.45) is 4.14. The lowest BCUT2D eigenvalue weighted by molar-refractivity contribution is 0.340. The molecule has 0 unspecified atom stereocenters. The van der Waals surface area contributed by atoms with Crippen LogP contribution < -0.4 is 0 Å². The second-order valence-corrected chi connectivity index (χ2v) is 2.77. The summed E-state index contributed by atoms with van der Waals surface area (Å²) in [5.74, 6) is 0. The molecule has 0 N–H and O–H groups in total. The molecule has 0 aliphatic rings. The summed E-state index contributed by atoms with van der Waals surface area (Å²) >= 11 is 0. The van der Waals surface area contributed by atoms with Crippen molar-refractivity contribution in [2.75, 3.05) is 34.2 Å². The van der Waals surface area contributed by atoms with Crippen molar-refractivity contribution >= 4 is 0 Å². The molecule has 0 amide bonds. The molecule has 2 heteroatoms. The van der Waals surface area contributed by atoms with E-state index in [1.165, 1.54) is 0 Å². The summed E-state index contributed by atoms with van der Waals surface area (Å²) in [4.78, 5) is 4.36. The third-order valence-corrected chi connectivity index (χ3v) is 1.30. The Bertz CT molecular complexity index is 97.4. The van der Waals surface area contributed by atoms with Gasteiger partial charge in [-0.05, 0) is 27.2 Å². The number of allylic oxidation sites excluding steroid dienone is 1. The first-order valence-electron chi connectivity index (χ1n) is 3.64. The molecule has 0 aromatic heterocycles. The first kappa shape index (κ1) is 9.50. The summed E-state index contributed by atoms with van der Waals surface area (Å²) in [7, 11) is 6.26. The van der Waals surface area contributed by atoms with Gasteiger partial charge < -0.3 is 9.80 Å². The minimum Gasteiger partial charge on any atom is -0.379 e. The number of rotatable bonds is 4. The van der Waals surface area contributed by atoms with Gasteiger partial charge in [0.25, 0.3) is 0 Å². The molecule has 0 bridgehead atoms. The predicted octanol–water partition coefficient (Wildman–Crippen LogP) is 1.01. The number of likely N-dealkylation sites (N-methyl/N-ethyl adjacent to an activating group) is 2. The van der Waals surface area contributed by atoms with E-state index < -0.39 is 0 Å². The molecule has 0 rings (SSSR count). The lowest BCUT2D eigenvalue weighted by atomic mass is 10.5. The molecule has 0 atom stereocenters. The summed E-state index contributed by atoms with van der Waals surface area (Å²) in [6.45, 7) is 4.24. The van der Waals surface area contributed by atoms with Crippen LogP contribution in [0, 0.1) is 0 Å². The van der Waals surface area contributed by atoms with Crippen LogP contribution in [0.5, 0.6) is 0 Å². The van der Waals surface area contributed by atoms with Crippen molar-refractivity contribution in [2.24, 2.45) is 0 Å². The van der Waals surface area contributed by atoms with E-state index in [4.69, 9.17) is 0 Å². The van der Waals surface area contributed by atoms with Crippen molar-refractivity contribution in [3.63, 3.8) is 0 Å². The molecule has 0 saturated heterocycles. The van der Waals surface area contributed by atoms with Crippen molar-refractivity contribution in [1.82, 2.24) is 9.80 Å². The highest BCUT2D eigenvalue weighted by molar-refractivity contribution is 4.75. The van der Waals surface area contributed by atoms with Gasteiger partial charge in [-0.15, -0.1) is 0 Å². The van der Waals surface area contributed by atoms with E-state index in [2.05, 4.69) is 43.2 Å². The van der Waals surface area contributed by atoms with Crippen LogP contribution in [-0.4, -0.2) is 44.0 Å². The quantitative estimate of drug-likeness (QED) is 0.578. The zero-order valence-electron chi connectivity index (χ0n) is 7.46. The van der Waals surface area contributed by atoms with Crippen molar-refractivity contribution in [1.29, 1.82) is 0 Å². The van der Waals surface area contributed by atoms with Crippen LogP contribution in [0.2, 0.25) is 0 Å². The Morgan fingerprint density at radius 3 is 2.10 bits per heavy atom. The Morgan fingerprint density at radius 2 is 1.70 bits per heavy atom. The van der Waals surface area contributed by atoms with E-state index in [0.717, 1.165) is 13.1 Å². The van der Waals surface area contributed by atoms with Gasteiger partial charge >= 0.3 is 0 Å². The van der Waals surface area contributed by atoms with Gasteiger partial charge in [-0.2, -0.15) is 0 Å². The topological polar surface area (TPSA) is 6.48 Å². The SMILES string of the molecule is CC=CN(C)CCN(C)C. The fourth-order valence-electron chi connectivity index (χ4n) is 0.687. The van der Waals surface area contributed by atoms with Crippen molar-refractivity contribution in [3.8, 4) is 0 Å². The Kier molecular flexibility index (Phi) is 5.03. The van der Waals surface area contributed by atoms with Gasteiger partial charge in [0.2, 0.25) is 0 Å². The highest BCUT2D eigenvalue weighted by atomic mass is 15.1. The highest BCUT2D eigenvalue weighted by Crippen LogP contribution is 1.84. The number of hydrogen-bond donors (Lipinski definition) is 0. The van der Waals surface area contributed by atoms with Gasteiger partial charge in [-0.3, -0.25) is 0 Å². The van der Waals surface area contributed by atoms with Crippen molar-refractivity contribution in [3.05, 3.63) is 12.3 Å². The normalized spacial score (nSPS) is 11.3. The Morgan fingerprint density at radius 1 is 1.10 bits per heavy atom. The molecular formula is C8H18N2. The van der Waals surface area contributed by atoms with Gasteiger partial charge in [0, 0.05) is 20.1 Å². The van der Waals surface area contributed by atoms with E-state index in [1.807, 2.05) is 6.92 Å². The fraction of sp³-hybridized carbons (Fsp3) is 0.750. The minimum atomic E-state index is 1.09.